The zero-order valence-electron chi connectivity index (χ0n) is 9.36. The number of hydrogen-bond donors (Lipinski definition) is 1. The van der Waals surface area contributed by atoms with E-state index < -0.39 is 0 Å². The van der Waals surface area contributed by atoms with Gasteiger partial charge >= 0.3 is 5.97 Å². The van der Waals surface area contributed by atoms with Crippen molar-refractivity contribution in [2.24, 2.45) is 7.05 Å². The van der Waals surface area contributed by atoms with Crippen LogP contribution in [0.3, 0.4) is 0 Å². The summed E-state index contributed by atoms with van der Waals surface area (Å²) in [4.78, 5) is 11.3. The van der Waals surface area contributed by atoms with Crippen LogP contribution in [0.15, 0.2) is 12.3 Å². The normalized spacial score (nSPS) is 12.5. The van der Waals surface area contributed by atoms with Crippen LogP contribution in [0.25, 0.3) is 0 Å². The molecule has 0 saturated heterocycles. The molecule has 5 heteroatoms. The van der Waals surface area contributed by atoms with E-state index in [1.165, 1.54) is 7.11 Å². The van der Waals surface area contributed by atoms with E-state index in [9.17, 15) is 4.79 Å². The summed E-state index contributed by atoms with van der Waals surface area (Å²) in [5.74, 6) is -0.223. The SMILES string of the molecule is CCC(NCc1ccnn1C)C(=O)OC. The highest BCUT2D eigenvalue weighted by Gasteiger charge is 2.16. The molecule has 15 heavy (non-hydrogen) atoms. The number of carbonyl (C=O) groups excluding carboxylic acids is 1. The zero-order chi connectivity index (χ0) is 11.3. The third-order valence-corrected chi connectivity index (χ3v) is 2.35. The molecule has 1 aromatic rings. The van der Waals surface area contributed by atoms with E-state index in [2.05, 4.69) is 15.2 Å². The monoisotopic (exact) mass is 211 g/mol. The maximum atomic E-state index is 11.3. The van der Waals surface area contributed by atoms with Crippen LogP contribution in [0.5, 0.6) is 0 Å². The molecule has 84 valence electrons. The van der Waals surface area contributed by atoms with Gasteiger partial charge in [-0.15, -0.1) is 0 Å². The zero-order valence-corrected chi connectivity index (χ0v) is 9.36. The number of hydrogen-bond acceptors (Lipinski definition) is 4. The molecule has 0 aromatic carbocycles. The summed E-state index contributed by atoms with van der Waals surface area (Å²) in [5, 5.41) is 7.17. The Morgan fingerprint density at radius 1 is 1.73 bits per heavy atom. The second-order valence-corrected chi connectivity index (χ2v) is 3.31. The first-order chi connectivity index (χ1) is 7.19. The molecule has 0 aliphatic heterocycles. The molecule has 1 unspecified atom stereocenters. The van der Waals surface area contributed by atoms with Crippen LogP contribution in [0, 0.1) is 0 Å². The van der Waals surface area contributed by atoms with Crippen LogP contribution < -0.4 is 5.32 Å². The van der Waals surface area contributed by atoms with Crippen LogP contribution in [-0.2, 0) is 23.1 Å². The lowest BCUT2D eigenvalue weighted by Gasteiger charge is -2.14. The van der Waals surface area contributed by atoms with E-state index in [1.54, 1.807) is 10.9 Å². The van der Waals surface area contributed by atoms with Crippen LogP contribution in [0.2, 0.25) is 0 Å². The maximum absolute atomic E-state index is 11.3. The first kappa shape index (κ1) is 11.7. The van der Waals surface area contributed by atoms with Crippen LogP contribution >= 0.6 is 0 Å². The highest BCUT2D eigenvalue weighted by molar-refractivity contribution is 5.75. The van der Waals surface area contributed by atoms with Crippen molar-refractivity contribution >= 4 is 5.97 Å². The quantitative estimate of drug-likeness (QED) is 0.719. The largest absolute Gasteiger partial charge is 0.468 e. The van der Waals surface area contributed by atoms with Gasteiger partial charge in [-0.05, 0) is 12.5 Å². The number of methoxy groups -OCH3 is 1. The molecule has 0 spiro atoms. The highest BCUT2D eigenvalue weighted by atomic mass is 16.5. The van der Waals surface area contributed by atoms with Gasteiger partial charge in [0.15, 0.2) is 0 Å². The molecule has 1 aromatic heterocycles. The smallest absolute Gasteiger partial charge is 0.322 e. The second kappa shape index (κ2) is 5.50. The third kappa shape index (κ3) is 3.06. The molecule has 0 aliphatic carbocycles. The van der Waals surface area contributed by atoms with Gasteiger partial charge in [-0.3, -0.25) is 14.8 Å². The fraction of sp³-hybridized carbons (Fsp3) is 0.600. The Labute approximate surface area is 89.4 Å². The fourth-order valence-electron chi connectivity index (χ4n) is 1.34. The molecule has 5 nitrogen and oxygen atoms in total. The first-order valence-corrected chi connectivity index (χ1v) is 4.97. The van der Waals surface area contributed by atoms with Crippen molar-refractivity contribution in [3.63, 3.8) is 0 Å². The van der Waals surface area contributed by atoms with Gasteiger partial charge in [0.25, 0.3) is 0 Å². The molecule has 0 saturated carbocycles. The number of carbonyl (C=O) groups is 1. The Morgan fingerprint density at radius 3 is 2.93 bits per heavy atom. The number of nitrogens with zero attached hydrogens (tertiary/aromatic N) is 2. The predicted octanol–water partition coefficient (Wildman–Crippen LogP) is 0.461. The van der Waals surface area contributed by atoms with Gasteiger partial charge in [0.1, 0.15) is 6.04 Å². The van der Waals surface area contributed by atoms with Gasteiger partial charge in [0, 0.05) is 19.8 Å². The van der Waals surface area contributed by atoms with Crippen molar-refractivity contribution < 1.29 is 9.53 Å². The average molecular weight is 211 g/mol. The summed E-state index contributed by atoms with van der Waals surface area (Å²) >= 11 is 0. The van der Waals surface area contributed by atoms with Gasteiger partial charge in [-0.25, -0.2) is 0 Å². The molecule has 1 rings (SSSR count). The predicted molar refractivity (Wildman–Crippen MR) is 56.1 cm³/mol. The maximum Gasteiger partial charge on any atom is 0.322 e. The number of aromatic nitrogens is 2. The lowest BCUT2D eigenvalue weighted by Crippen LogP contribution is -2.36. The molecular weight excluding hydrogens is 194 g/mol. The second-order valence-electron chi connectivity index (χ2n) is 3.31. The topological polar surface area (TPSA) is 56.2 Å². The molecule has 0 bridgehead atoms. The number of ether oxygens (including phenoxy) is 1. The average Bonchev–Trinajstić information content (AvgIpc) is 2.65. The number of aryl methyl sites for hydroxylation is 1. The lowest BCUT2D eigenvalue weighted by atomic mass is 10.2. The first-order valence-electron chi connectivity index (χ1n) is 4.97. The Hall–Kier alpha value is -1.36. The molecule has 1 atom stereocenters. The van der Waals surface area contributed by atoms with Gasteiger partial charge in [-0.2, -0.15) is 5.10 Å². The molecule has 1 heterocycles. The Morgan fingerprint density at radius 2 is 2.47 bits per heavy atom. The minimum atomic E-state index is -0.245. The van der Waals surface area contributed by atoms with Crippen molar-refractivity contribution in [2.45, 2.75) is 25.9 Å². The summed E-state index contributed by atoms with van der Waals surface area (Å²) in [7, 11) is 3.27. The van der Waals surface area contributed by atoms with E-state index in [4.69, 9.17) is 0 Å². The highest BCUT2D eigenvalue weighted by Crippen LogP contribution is 1.99. The van der Waals surface area contributed by atoms with Crippen molar-refractivity contribution in [2.75, 3.05) is 7.11 Å². The van der Waals surface area contributed by atoms with E-state index in [-0.39, 0.29) is 12.0 Å². The Bertz CT molecular complexity index is 322. The molecule has 0 radical (unpaired) electrons. The van der Waals surface area contributed by atoms with Gasteiger partial charge in [-0.1, -0.05) is 6.92 Å². The van der Waals surface area contributed by atoms with E-state index in [1.807, 2.05) is 20.0 Å². The van der Waals surface area contributed by atoms with E-state index in [0.29, 0.717) is 13.0 Å². The molecule has 0 fully saturated rings. The van der Waals surface area contributed by atoms with Crippen molar-refractivity contribution in [1.29, 1.82) is 0 Å². The third-order valence-electron chi connectivity index (χ3n) is 2.35. The van der Waals surface area contributed by atoms with Crippen LogP contribution in [-0.4, -0.2) is 28.9 Å². The van der Waals surface area contributed by atoms with E-state index >= 15 is 0 Å². The van der Waals surface area contributed by atoms with Crippen LogP contribution in [0.1, 0.15) is 19.0 Å². The summed E-state index contributed by atoms with van der Waals surface area (Å²) in [5.41, 5.74) is 1.04. The lowest BCUT2D eigenvalue weighted by molar-refractivity contribution is -0.143. The van der Waals surface area contributed by atoms with Crippen molar-refractivity contribution in [3.8, 4) is 0 Å². The van der Waals surface area contributed by atoms with Gasteiger partial charge < -0.3 is 4.74 Å². The van der Waals surface area contributed by atoms with Crippen molar-refractivity contribution in [1.82, 2.24) is 15.1 Å². The summed E-state index contributed by atoms with van der Waals surface area (Å²) in [6.45, 7) is 2.56. The molecule has 0 aliphatic rings. The number of esters is 1. The van der Waals surface area contributed by atoms with E-state index in [0.717, 1.165) is 5.69 Å². The number of nitrogens with one attached hydrogen (secondary N) is 1. The fourth-order valence-corrected chi connectivity index (χ4v) is 1.34. The van der Waals surface area contributed by atoms with Crippen molar-refractivity contribution in [3.05, 3.63) is 18.0 Å². The van der Waals surface area contributed by atoms with Gasteiger partial charge in [0.05, 0.1) is 12.8 Å². The Balaban J connectivity index is 2.48. The summed E-state index contributed by atoms with van der Waals surface area (Å²) in [6, 6.07) is 1.67. The molecule has 0 amide bonds. The minimum Gasteiger partial charge on any atom is -0.468 e. The van der Waals surface area contributed by atoms with Crippen LogP contribution in [0.4, 0.5) is 0 Å². The molecular formula is C10H17N3O2. The summed E-state index contributed by atoms with van der Waals surface area (Å²) in [6.07, 6.45) is 2.45. The molecule has 1 N–H and O–H groups in total. The Kier molecular flexibility index (Phi) is 4.30. The minimum absolute atomic E-state index is 0.223. The standard InChI is InChI=1S/C10H17N3O2/c1-4-9(10(14)15-3)11-7-8-5-6-12-13(8)2/h5-6,9,11H,4,7H2,1-3H3. The number of rotatable bonds is 5. The van der Waals surface area contributed by atoms with Gasteiger partial charge in [0.2, 0.25) is 0 Å². The summed E-state index contributed by atoms with van der Waals surface area (Å²) < 4.78 is 6.45.